The Balaban J connectivity index is 2.64. The van der Waals surface area contributed by atoms with E-state index in [9.17, 15) is 4.79 Å². The molecule has 0 aliphatic carbocycles. The van der Waals surface area contributed by atoms with Gasteiger partial charge in [-0.3, -0.25) is 0 Å². The highest BCUT2D eigenvalue weighted by molar-refractivity contribution is 7.17. The number of thiazole rings is 1. The van der Waals surface area contributed by atoms with E-state index in [1.54, 1.807) is 0 Å². The summed E-state index contributed by atoms with van der Waals surface area (Å²) in [4.78, 5) is 14.7. The van der Waals surface area contributed by atoms with Crippen molar-refractivity contribution in [1.82, 2.24) is 4.98 Å². The summed E-state index contributed by atoms with van der Waals surface area (Å²) in [5.41, 5.74) is 0. The van der Waals surface area contributed by atoms with E-state index in [1.807, 2.05) is 6.92 Å². The van der Waals surface area contributed by atoms with Crippen molar-refractivity contribution in [3.05, 3.63) is 11.1 Å². The summed E-state index contributed by atoms with van der Waals surface area (Å²) in [6.45, 7) is 4.09. The Hall–Kier alpha value is -1.10. The van der Waals surface area contributed by atoms with E-state index in [1.165, 1.54) is 6.20 Å². The lowest BCUT2D eigenvalue weighted by molar-refractivity contribution is 0.0702. The quantitative estimate of drug-likeness (QED) is 0.780. The highest BCUT2D eigenvalue weighted by Gasteiger charge is 2.09. The topological polar surface area (TPSA) is 62.2 Å². The molecule has 1 aromatic heterocycles. The van der Waals surface area contributed by atoms with Crippen molar-refractivity contribution in [1.29, 1.82) is 0 Å². The molecule has 0 aromatic carbocycles. The lowest BCUT2D eigenvalue weighted by Gasteiger charge is -2.08. The van der Waals surface area contributed by atoms with E-state index in [4.69, 9.17) is 5.11 Å². The van der Waals surface area contributed by atoms with Crippen LogP contribution >= 0.6 is 11.3 Å². The zero-order valence-electron chi connectivity index (χ0n) is 7.57. The molecule has 0 fully saturated rings. The third kappa shape index (κ3) is 2.69. The van der Waals surface area contributed by atoms with E-state index in [2.05, 4.69) is 17.2 Å². The van der Waals surface area contributed by atoms with Gasteiger partial charge in [-0.25, -0.2) is 9.78 Å². The molecule has 0 radical (unpaired) electrons. The van der Waals surface area contributed by atoms with Gasteiger partial charge in [0.2, 0.25) is 0 Å². The second kappa shape index (κ2) is 4.23. The number of hydrogen-bond donors (Lipinski definition) is 2. The number of nitrogens with zero attached hydrogens (tertiary/aromatic N) is 1. The first-order valence-electron chi connectivity index (χ1n) is 4.09. The number of aromatic nitrogens is 1. The van der Waals surface area contributed by atoms with Crippen LogP contribution in [-0.2, 0) is 0 Å². The first-order valence-corrected chi connectivity index (χ1v) is 4.90. The number of anilines is 1. The molecule has 13 heavy (non-hydrogen) atoms. The van der Waals surface area contributed by atoms with Crippen molar-refractivity contribution in [3.63, 3.8) is 0 Å². The van der Waals surface area contributed by atoms with Gasteiger partial charge >= 0.3 is 5.97 Å². The lowest BCUT2D eigenvalue weighted by Crippen LogP contribution is -2.12. The summed E-state index contributed by atoms with van der Waals surface area (Å²) in [5.74, 6) is -0.922. The summed E-state index contributed by atoms with van der Waals surface area (Å²) in [5, 5.41) is 12.4. The molecule has 0 aliphatic heterocycles. The molecule has 0 amide bonds. The smallest absolute Gasteiger partial charge is 0.347 e. The number of rotatable bonds is 4. The van der Waals surface area contributed by atoms with Crippen molar-refractivity contribution < 1.29 is 9.90 Å². The summed E-state index contributed by atoms with van der Waals surface area (Å²) >= 11 is 1.16. The Bertz CT molecular complexity index is 298. The first kappa shape index (κ1) is 9.98. The SMILES string of the molecule is CCC(C)Nc1ncc(C(=O)O)s1. The largest absolute Gasteiger partial charge is 0.477 e. The maximum atomic E-state index is 10.5. The van der Waals surface area contributed by atoms with Crippen LogP contribution in [0.15, 0.2) is 6.20 Å². The molecule has 5 heteroatoms. The highest BCUT2D eigenvalue weighted by Crippen LogP contribution is 2.18. The third-order valence-corrected chi connectivity index (χ3v) is 2.62. The maximum Gasteiger partial charge on any atom is 0.347 e. The van der Waals surface area contributed by atoms with Crippen molar-refractivity contribution >= 4 is 22.4 Å². The molecule has 0 aliphatic rings. The fourth-order valence-electron chi connectivity index (χ4n) is 0.753. The number of hydrogen-bond acceptors (Lipinski definition) is 4. The van der Waals surface area contributed by atoms with Gasteiger partial charge in [-0.05, 0) is 13.3 Å². The van der Waals surface area contributed by atoms with Crippen molar-refractivity contribution in [2.75, 3.05) is 5.32 Å². The van der Waals surface area contributed by atoms with E-state index in [0.717, 1.165) is 17.8 Å². The number of carboxylic acid groups (broad SMARTS) is 1. The number of nitrogens with one attached hydrogen (secondary N) is 1. The molecule has 1 unspecified atom stereocenters. The zero-order valence-corrected chi connectivity index (χ0v) is 8.39. The fraction of sp³-hybridized carbons (Fsp3) is 0.500. The number of aromatic carboxylic acids is 1. The van der Waals surface area contributed by atoms with Crippen LogP contribution in [0.5, 0.6) is 0 Å². The van der Waals surface area contributed by atoms with E-state index in [0.29, 0.717) is 11.2 Å². The minimum Gasteiger partial charge on any atom is -0.477 e. The van der Waals surface area contributed by atoms with Crippen LogP contribution in [-0.4, -0.2) is 22.1 Å². The Labute approximate surface area is 80.6 Å². The van der Waals surface area contributed by atoms with Crippen LogP contribution in [0.25, 0.3) is 0 Å². The Morgan fingerprint density at radius 1 is 1.85 bits per heavy atom. The van der Waals surface area contributed by atoms with Gasteiger partial charge in [0.15, 0.2) is 5.13 Å². The van der Waals surface area contributed by atoms with Crippen molar-refractivity contribution in [3.8, 4) is 0 Å². The molecule has 1 rings (SSSR count). The predicted molar refractivity (Wildman–Crippen MR) is 52.4 cm³/mol. The van der Waals surface area contributed by atoms with Crippen LogP contribution in [0.4, 0.5) is 5.13 Å². The first-order chi connectivity index (χ1) is 6.13. The van der Waals surface area contributed by atoms with Gasteiger partial charge in [0.25, 0.3) is 0 Å². The molecule has 1 aromatic rings. The van der Waals surface area contributed by atoms with Crippen molar-refractivity contribution in [2.45, 2.75) is 26.3 Å². The molecule has 0 spiro atoms. The highest BCUT2D eigenvalue weighted by atomic mass is 32.1. The molecule has 1 atom stereocenters. The zero-order chi connectivity index (χ0) is 9.84. The molecule has 0 saturated heterocycles. The fourth-order valence-corrected chi connectivity index (χ4v) is 1.52. The number of carbonyl (C=O) groups is 1. The summed E-state index contributed by atoms with van der Waals surface area (Å²) in [6.07, 6.45) is 2.36. The van der Waals surface area contributed by atoms with Gasteiger partial charge in [-0.2, -0.15) is 0 Å². The van der Waals surface area contributed by atoms with Crippen molar-refractivity contribution in [2.24, 2.45) is 0 Å². The van der Waals surface area contributed by atoms with Crippen LogP contribution < -0.4 is 5.32 Å². The van der Waals surface area contributed by atoms with E-state index in [-0.39, 0.29) is 4.88 Å². The van der Waals surface area contributed by atoms with Gasteiger partial charge in [0, 0.05) is 6.04 Å². The normalized spacial score (nSPS) is 12.5. The van der Waals surface area contributed by atoms with Crippen LogP contribution in [0.1, 0.15) is 29.9 Å². The van der Waals surface area contributed by atoms with Gasteiger partial charge in [-0.15, -0.1) is 0 Å². The molecular formula is C8H12N2O2S. The molecule has 0 saturated carbocycles. The Morgan fingerprint density at radius 2 is 2.54 bits per heavy atom. The van der Waals surface area contributed by atoms with Crippen LogP contribution in [0, 0.1) is 0 Å². The maximum absolute atomic E-state index is 10.5. The molecular weight excluding hydrogens is 188 g/mol. The Kier molecular flexibility index (Phi) is 3.25. The average Bonchev–Trinajstić information content (AvgIpc) is 2.52. The van der Waals surface area contributed by atoms with Crippen LogP contribution in [0.3, 0.4) is 0 Å². The average molecular weight is 200 g/mol. The third-order valence-electron chi connectivity index (χ3n) is 1.70. The molecule has 0 bridgehead atoms. The summed E-state index contributed by atoms with van der Waals surface area (Å²) < 4.78 is 0. The van der Waals surface area contributed by atoms with Gasteiger partial charge in [0.05, 0.1) is 6.20 Å². The minimum atomic E-state index is -0.922. The summed E-state index contributed by atoms with van der Waals surface area (Å²) in [6, 6.07) is 0.327. The Morgan fingerprint density at radius 3 is 3.00 bits per heavy atom. The molecule has 72 valence electrons. The molecule has 4 nitrogen and oxygen atoms in total. The second-order valence-corrected chi connectivity index (χ2v) is 3.82. The molecule has 2 N–H and O–H groups in total. The van der Waals surface area contributed by atoms with Gasteiger partial charge < -0.3 is 10.4 Å². The van der Waals surface area contributed by atoms with E-state index < -0.39 is 5.97 Å². The summed E-state index contributed by atoms with van der Waals surface area (Å²) in [7, 11) is 0. The lowest BCUT2D eigenvalue weighted by atomic mass is 10.3. The standard InChI is InChI=1S/C8H12N2O2S/c1-3-5(2)10-8-9-4-6(13-8)7(11)12/h4-5H,3H2,1-2H3,(H,9,10)(H,11,12). The number of carboxylic acids is 1. The van der Waals surface area contributed by atoms with Gasteiger partial charge in [0.1, 0.15) is 4.88 Å². The monoisotopic (exact) mass is 200 g/mol. The van der Waals surface area contributed by atoms with Gasteiger partial charge in [-0.1, -0.05) is 18.3 Å². The minimum absolute atomic E-state index is 0.269. The predicted octanol–water partition coefficient (Wildman–Crippen LogP) is 2.05. The molecule has 1 heterocycles. The van der Waals surface area contributed by atoms with E-state index >= 15 is 0 Å². The van der Waals surface area contributed by atoms with Crippen LogP contribution in [0.2, 0.25) is 0 Å². The second-order valence-electron chi connectivity index (χ2n) is 2.79.